The molecule has 1 atom stereocenters. The highest BCUT2D eigenvalue weighted by Crippen LogP contribution is 2.40. The maximum absolute atomic E-state index is 14.0. The summed E-state index contributed by atoms with van der Waals surface area (Å²) in [5.41, 5.74) is 1.84. The Kier molecular flexibility index (Phi) is 5.58. The number of allylic oxidation sites excluding steroid dienone is 1. The highest BCUT2D eigenvalue weighted by molar-refractivity contribution is 7.13. The fourth-order valence-electron chi connectivity index (χ4n) is 3.86. The SMILES string of the molecule is COc1cccc(C2NC(=O)N(c3ccc(F)c(F)c3)C(C)=C2c2nc(-c3cccs3)no2)c1. The van der Waals surface area contributed by atoms with Gasteiger partial charge in [-0.05, 0) is 48.2 Å². The first kappa shape index (κ1) is 21.8. The van der Waals surface area contributed by atoms with Crippen molar-refractivity contribution in [3.05, 3.63) is 88.8 Å². The molecule has 172 valence electrons. The first-order valence-electron chi connectivity index (χ1n) is 10.2. The largest absolute Gasteiger partial charge is 0.497 e. The van der Waals surface area contributed by atoms with E-state index in [9.17, 15) is 13.6 Å². The molecule has 2 aromatic heterocycles. The second-order valence-corrected chi connectivity index (χ2v) is 8.44. The Labute approximate surface area is 197 Å². The summed E-state index contributed by atoms with van der Waals surface area (Å²) in [4.78, 5) is 19.8. The van der Waals surface area contributed by atoms with Crippen LogP contribution in [-0.4, -0.2) is 23.3 Å². The zero-order valence-electron chi connectivity index (χ0n) is 18.1. The third kappa shape index (κ3) is 3.81. The number of amides is 2. The molecule has 0 radical (unpaired) electrons. The molecule has 2 aromatic carbocycles. The molecule has 0 aliphatic carbocycles. The number of thiophene rings is 1. The van der Waals surface area contributed by atoms with E-state index in [1.165, 1.54) is 22.3 Å². The van der Waals surface area contributed by atoms with E-state index >= 15 is 0 Å². The number of carbonyl (C=O) groups excluding carboxylic acids is 1. The van der Waals surface area contributed by atoms with Crippen molar-refractivity contribution < 1.29 is 22.8 Å². The smallest absolute Gasteiger partial charge is 0.327 e. The van der Waals surface area contributed by atoms with Gasteiger partial charge in [0.05, 0.1) is 29.3 Å². The normalized spacial score (nSPS) is 16.1. The number of aromatic nitrogens is 2. The van der Waals surface area contributed by atoms with Gasteiger partial charge in [0.2, 0.25) is 5.82 Å². The predicted molar refractivity (Wildman–Crippen MR) is 123 cm³/mol. The summed E-state index contributed by atoms with van der Waals surface area (Å²) in [7, 11) is 1.55. The number of carbonyl (C=O) groups is 1. The number of ether oxygens (including phenoxy) is 1. The van der Waals surface area contributed by atoms with Crippen LogP contribution < -0.4 is 15.0 Å². The number of nitrogens with one attached hydrogen (secondary N) is 1. The molecule has 0 bridgehead atoms. The highest BCUT2D eigenvalue weighted by Gasteiger charge is 2.37. The Balaban J connectivity index is 1.67. The Hall–Kier alpha value is -4.05. The van der Waals surface area contributed by atoms with Gasteiger partial charge in [0, 0.05) is 11.8 Å². The lowest BCUT2D eigenvalue weighted by atomic mass is 9.94. The van der Waals surface area contributed by atoms with Gasteiger partial charge in [0.1, 0.15) is 5.75 Å². The Morgan fingerprint density at radius 3 is 2.71 bits per heavy atom. The summed E-state index contributed by atoms with van der Waals surface area (Å²) in [5, 5.41) is 8.92. The summed E-state index contributed by atoms with van der Waals surface area (Å²) in [6.07, 6.45) is 0. The molecular weight excluding hydrogens is 462 g/mol. The van der Waals surface area contributed by atoms with E-state index in [1.807, 2.05) is 23.6 Å². The van der Waals surface area contributed by atoms with Crippen LogP contribution in [0.25, 0.3) is 16.3 Å². The summed E-state index contributed by atoms with van der Waals surface area (Å²) in [5.74, 6) is -0.856. The molecule has 0 saturated carbocycles. The summed E-state index contributed by atoms with van der Waals surface area (Å²) in [6.45, 7) is 1.69. The number of hydrogen-bond acceptors (Lipinski definition) is 6. The van der Waals surface area contributed by atoms with Gasteiger partial charge in [-0.25, -0.2) is 13.6 Å². The zero-order valence-corrected chi connectivity index (χ0v) is 18.9. The number of rotatable bonds is 5. The van der Waals surface area contributed by atoms with Crippen LogP contribution >= 0.6 is 11.3 Å². The van der Waals surface area contributed by atoms with Crippen molar-refractivity contribution in [2.45, 2.75) is 13.0 Å². The lowest BCUT2D eigenvalue weighted by Gasteiger charge is -2.35. The standard InChI is InChI=1S/C24H18F2N4O3S/c1-13-20(23-28-22(29-33-23)19-7-4-10-34-19)21(14-5-3-6-16(11-14)32-2)27-24(31)30(13)15-8-9-17(25)18(26)12-15/h3-12,21H,1-2H3,(H,27,31). The van der Waals surface area contributed by atoms with Gasteiger partial charge in [0.25, 0.3) is 5.89 Å². The molecule has 1 aliphatic rings. The predicted octanol–water partition coefficient (Wildman–Crippen LogP) is 5.79. The van der Waals surface area contributed by atoms with Gasteiger partial charge in [-0.2, -0.15) is 4.98 Å². The molecule has 0 spiro atoms. The van der Waals surface area contributed by atoms with E-state index in [1.54, 1.807) is 32.2 Å². The third-order valence-electron chi connectivity index (χ3n) is 5.47. The van der Waals surface area contributed by atoms with Crippen LogP contribution in [0.1, 0.15) is 24.4 Å². The van der Waals surface area contributed by atoms with Crippen molar-refractivity contribution in [3.8, 4) is 16.5 Å². The van der Waals surface area contributed by atoms with Crippen LogP contribution in [0.3, 0.4) is 0 Å². The average Bonchev–Trinajstić information content (AvgIpc) is 3.53. The topological polar surface area (TPSA) is 80.5 Å². The average molecular weight is 480 g/mol. The highest BCUT2D eigenvalue weighted by atomic mass is 32.1. The second-order valence-electron chi connectivity index (χ2n) is 7.49. The molecule has 7 nitrogen and oxygen atoms in total. The summed E-state index contributed by atoms with van der Waals surface area (Å²) < 4.78 is 38.5. The molecule has 0 fully saturated rings. The van der Waals surface area contributed by atoms with Gasteiger partial charge in [-0.1, -0.05) is 23.4 Å². The van der Waals surface area contributed by atoms with E-state index in [0.29, 0.717) is 22.8 Å². The molecule has 34 heavy (non-hydrogen) atoms. The van der Waals surface area contributed by atoms with Crippen molar-refractivity contribution in [2.24, 2.45) is 0 Å². The van der Waals surface area contributed by atoms with Crippen LogP contribution in [0.15, 0.2) is 70.2 Å². The van der Waals surface area contributed by atoms with E-state index in [2.05, 4.69) is 15.5 Å². The number of hydrogen-bond donors (Lipinski definition) is 1. The fraction of sp³-hybridized carbons (Fsp3) is 0.125. The van der Waals surface area contributed by atoms with Gasteiger partial charge < -0.3 is 14.6 Å². The number of halogens is 2. The molecule has 10 heteroatoms. The fourth-order valence-corrected chi connectivity index (χ4v) is 4.51. The second kappa shape index (κ2) is 8.71. The van der Waals surface area contributed by atoms with Crippen LogP contribution in [-0.2, 0) is 0 Å². The van der Waals surface area contributed by atoms with Crippen LogP contribution in [0.5, 0.6) is 5.75 Å². The van der Waals surface area contributed by atoms with E-state index in [-0.39, 0.29) is 11.6 Å². The van der Waals surface area contributed by atoms with Gasteiger partial charge in [-0.15, -0.1) is 11.3 Å². The molecule has 1 N–H and O–H groups in total. The summed E-state index contributed by atoms with van der Waals surface area (Å²) in [6, 6.07) is 13.1. The molecule has 5 rings (SSSR count). The maximum Gasteiger partial charge on any atom is 0.327 e. The summed E-state index contributed by atoms with van der Waals surface area (Å²) >= 11 is 1.46. The Bertz CT molecular complexity index is 1400. The maximum atomic E-state index is 14.0. The number of methoxy groups -OCH3 is 1. The molecule has 1 aliphatic heterocycles. The number of anilines is 1. The van der Waals surface area contributed by atoms with Crippen molar-refractivity contribution in [1.29, 1.82) is 0 Å². The van der Waals surface area contributed by atoms with Crippen molar-refractivity contribution in [1.82, 2.24) is 15.5 Å². The minimum atomic E-state index is -1.06. The monoisotopic (exact) mass is 480 g/mol. The zero-order chi connectivity index (χ0) is 23.8. The molecule has 4 aromatic rings. The minimum absolute atomic E-state index is 0.161. The lowest BCUT2D eigenvalue weighted by Crippen LogP contribution is -2.46. The molecule has 3 heterocycles. The lowest BCUT2D eigenvalue weighted by molar-refractivity contribution is 0.244. The molecule has 1 unspecified atom stereocenters. The van der Waals surface area contributed by atoms with E-state index in [0.717, 1.165) is 22.6 Å². The van der Waals surface area contributed by atoms with E-state index < -0.39 is 23.7 Å². The van der Waals surface area contributed by atoms with Crippen molar-refractivity contribution >= 4 is 28.6 Å². The first-order valence-corrected chi connectivity index (χ1v) is 11.1. The van der Waals surface area contributed by atoms with Gasteiger partial charge >= 0.3 is 6.03 Å². The number of nitrogens with zero attached hydrogens (tertiary/aromatic N) is 3. The number of urea groups is 1. The third-order valence-corrected chi connectivity index (χ3v) is 6.34. The Morgan fingerprint density at radius 1 is 1.12 bits per heavy atom. The van der Waals surface area contributed by atoms with Crippen molar-refractivity contribution in [2.75, 3.05) is 12.0 Å². The van der Waals surface area contributed by atoms with Gasteiger partial charge in [-0.3, -0.25) is 4.90 Å². The minimum Gasteiger partial charge on any atom is -0.497 e. The van der Waals surface area contributed by atoms with Crippen molar-refractivity contribution in [3.63, 3.8) is 0 Å². The first-order chi connectivity index (χ1) is 16.5. The van der Waals surface area contributed by atoms with Crippen LogP contribution in [0, 0.1) is 11.6 Å². The Morgan fingerprint density at radius 2 is 1.97 bits per heavy atom. The van der Waals surface area contributed by atoms with Gasteiger partial charge in [0.15, 0.2) is 11.6 Å². The molecular formula is C24H18F2N4O3S. The molecule has 2 amide bonds. The molecule has 0 saturated heterocycles. The van der Waals surface area contributed by atoms with Crippen LogP contribution in [0.4, 0.5) is 19.3 Å². The quantitative estimate of drug-likeness (QED) is 0.391. The van der Waals surface area contributed by atoms with Crippen LogP contribution in [0.2, 0.25) is 0 Å². The number of benzene rings is 2. The van der Waals surface area contributed by atoms with E-state index in [4.69, 9.17) is 9.26 Å².